The van der Waals surface area contributed by atoms with Gasteiger partial charge in [0.2, 0.25) is 0 Å². The number of imidazole rings is 1. The first-order valence-electron chi connectivity index (χ1n) is 12.4. The third-order valence-corrected chi connectivity index (χ3v) is 6.06. The van der Waals surface area contributed by atoms with Gasteiger partial charge in [-0.15, -0.1) is 0 Å². The van der Waals surface area contributed by atoms with E-state index in [1.165, 1.54) is 7.11 Å². The average molecular weight is 526 g/mol. The molecular weight excluding hydrogens is 494 g/mol. The number of carbonyl (C=O) groups is 2. The molecule has 0 spiro atoms. The van der Waals surface area contributed by atoms with E-state index in [-0.39, 0.29) is 12.3 Å². The molecule has 1 unspecified atom stereocenters. The first-order valence-corrected chi connectivity index (χ1v) is 12.4. The topological polar surface area (TPSA) is 120 Å². The van der Waals surface area contributed by atoms with Gasteiger partial charge < -0.3 is 20.5 Å². The number of hydrogen-bond donors (Lipinski definition) is 2. The van der Waals surface area contributed by atoms with Crippen molar-refractivity contribution >= 4 is 28.9 Å². The van der Waals surface area contributed by atoms with Gasteiger partial charge in [-0.25, -0.2) is 4.98 Å². The van der Waals surface area contributed by atoms with E-state index in [0.29, 0.717) is 22.7 Å². The summed E-state index contributed by atoms with van der Waals surface area (Å²) in [5.74, 6) is -0.153. The van der Waals surface area contributed by atoms with Crippen LogP contribution in [0.3, 0.4) is 0 Å². The molecule has 2 heterocycles. The van der Waals surface area contributed by atoms with Crippen LogP contribution >= 0.6 is 0 Å². The van der Waals surface area contributed by atoms with Crippen LogP contribution in [0.25, 0.3) is 16.9 Å². The molecule has 4 aromatic rings. The number of pyridine rings is 1. The van der Waals surface area contributed by atoms with Crippen molar-refractivity contribution in [1.82, 2.24) is 14.7 Å². The summed E-state index contributed by atoms with van der Waals surface area (Å²) in [7, 11) is 2.88. The number of ether oxygens (including phenoxy) is 2. The second kappa shape index (κ2) is 12.1. The summed E-state index contributed by atoms with van der Waals surface area (Å²) < 4.78 is 12.1. The van der Waals surface area contributed by atoms with Gasteiger partial charge in [-0.2, -0.15) is 0 Å². The Hall–Kier alpha value is -4.92. The van der Waals surface area contributed by atoms with Gasteiger partial charge in [0.1, 0.15) is 11.4 Å². The lowest BCUT2D eigenvalue weighted by Gasteiger charge is -2.19. The number of nitrogens with two attached hydrogens (primary N) is 1. The highest BCUT2D eigenvalue weighted by Gasteiger charge is 2.21. The van der Waals surface area contributed by atoms with Gasteiger partial charge in [-0.3, -0.25) is 19.0 Å². The number of allylic oxidation sites excluding steroid dienone is 2. The Morgan fingerprint density at radius 1 is 1.10 bits per heavy atom. The van der Waals surface area contributed by atoms with Gasteiger partial charge in [-0.05, 0) is 61.9 Å². The van der Waals surface area contributed by atoms with Crippen molar-refractivity contribution in [2.45, 2.75) is 26.3 Å². The summed E-state index contributed by atoms with van der Waals surface area (Å²) in [6, 6.07) is 17.8. The van der Waals surface area contributed by atoms with E-state index in [0.717, 1.165) is 28.2 Å². The molecule has 9 nitrogen and oxygen atoms in total. The lowest BCUT2D eigenvalue weighted by Crippen LogP contribution is -2.30. The van der Waals surface area contributed by atoms with Crippen LogP contribution in [0.4, 0.5) is 5.69 Å². The van der Waals surface area contributed by atoms with E-state index in [1.807, 2.05) is 54.7 Å². The Bertz CT molecular complexity index is 1570. The lowest BCUT2D eigenvalue weighted by molar-refractivity contribution is -0.141. The van der Waals surface area contributed by atoms with Crippen LogP contribution in [0.1, 0.15) is 42.2 Å². The molecule has 0 aliphatic carbocycles. The van der Waals surface area contributed by atoms with Crippen molar-refractivity contribution < 1.29 is 19.1 Å². The predicted octanol–water partition coefficient (Wildman–Crippen LogP) is 5.00. The minimum Gasteiger partial charge on any atom is -0.497 e. The Morgan fingerprint density at radius 2 is 1.90 bits per heavy atom. The van der Waals surface area contributed by atoms with Gasteiger partial charge in [0.25, 0.3) is 5.91 Å². The molecule has 0 fully saturated rings. The normalized spacial score (nSPS) is 12.7. The van der Waals surface area contributed by atoms with Gasteiger partial charge >= 0.3 is 5.97 Å². The average Bonchev–Trinajstić information content (AvgIpc) is 3.35. The number of carbonyl (C=O) groups excluding carboxylic acids is 2. The third-order valence-electron chi connectivity index (χ3n) is 6.06. The summed E-state index contributed by atoms with van der Waals surface area (Å²) in [6.07, 6.45) is 5.35. The van der Waals surface area contributed by atoms with Crippen LogP contribution in [0.2, 0.25) is 0 Å². The zero-order valence-electron chi connectivity index (χ0n) is 22.3. The summed E-state index contributed by atoms with van der Waals surface area (Å²) >= 11 is 0. The van der Waals surface area contributed by atoms with Gasteiger partial charge in [-0.1, -0.05) is 24.3 Å². The number of nitrogens with one attached hydrogen (secondary N) is 1. The van der Waals surface area contributed by atoms with Gasteiger partial charge in [0.05, 0.1) is 44.3 Å². The number of hydrogen-bond acceptors (Lipinski definition) is 7. The highest BCUT2D eigenvalue weighted by Crippen LogP contribution is 2.27. The van der Waals surface area contributed by atoms with E-state index >= 15 is 0 Å². The predicted molar refractivity (Wildman–Crippen MR) is 151 cm³/mol. The molecule has 1 atom stereocenters. The van der Waals surface area contributed by atoms with Crippen LogP contribution in [0.5, 0.6) is 5.75 Å². The summed E-state index contributed by atoms with van der Waals surface area (Å²) in [5.41, 5.74) is 11.6. The fourth-order valence-corrected chi connectivity index (χ4v) is 4.24. The summed E-state index contributed by atoms with van der Waals surface area (Å²) in [5, 5.41) is 2.95. The van der Waals surface area contributed by atoms with Gasteiger partial charge in [0, 0.05) is 28.7 Å². The lowest BCUT2D eigenvalue weighted by atomic mass is 10.0. The molecule has 2 aromatic heterocycles. The number of esters is 1. The molecule has 0 bridgehead atoms. The molecule has 200 valence electrons. The molecule has 2 aromatic carbocycles. The molecule has 0 saturated heterocycles. The van der Waals surface area contributed by atoms with Crippen LogP contribution in [0, 0.1) is 0 Å². The highest BCUT2D eigenvalue weighted by atomic mass is 16.5. The zero-order chi connectivity index (χ0) is 27.9. The maximum Gasteiger partial charge on any atom is 0.307 e. The standard InChI is InChI=1S/C30H31N5O4/c1-19(31)13-20(2)33-24-9-5-8-22(14-24)27-18-32-28-16-23(11-12-35(27)28)30(37)34-26(17-29(36)39-4)21-7-6-10-25(15-21)38-3/h5-16,18,26H,17,31H2,1-4H3,(H,34,37). The molecule has 3 N–H and O–H groups in total. The van der Waals surface area contributed by atoms with Crippen LogP contribution < -0.4 is 15.8 Å². The Balaban J connectivity index is 1.60. The number of rotatable bonds is 9. The third kappa shape index (κ3) is 6.70. The SMILES string of the molecule is COC(=O)CC(NC(=O)c1ccn2c(-c3cccc(N=C(C)C=C(C)N)c3)cnc2c1)c1cccc(OC)c1. The maximum absolute atomic E-state index is 13.2. The summed E-state index contributed by atoms with van der Waals surface area (Å²) in [6.45, 7) is 3.72. The Morgan fingerprint density at radius 3 is 2.64 bits per heavy atom. The molecule has 39 heavy (non-hydrogen) atoms. The largest absolute Gasteiger partial charge is 0.497 e. The number of benzene rings is 2. The van der Waals surface area contributed by atoms with Crippen LogP contribution in [-0.2, 0) is 9.53 Å². The Labute approximate surface area is 227 Å². The van der Waals surface area contributed by atoms with Crippen molar-refractivity contribution in [3.05, 3.63) is 96.0 Å². The molecule has 4 rings (SSSR count). The van der Waals surface area contributed by atoms with Crippen molar-refractivity contribution in [2.24, 2.45) is 10.7 Å². The smallest absolute Gasteiger partial charge is 0.307 e. The first kappa shape index (κ1) is 27.1. The molecule has 9 heteroatoms. The highest BCUT2D eigenvalue weighted by molar-refractivity contribution is 5.96. The van der Waals surface area contributed by atoms with Crippen molar-refractivity contribution in [2.75, 3.05) is 14.2 Å². The second-order valence-corrected chi connectivity index (χ2v) is 9.06. The van der Waals surface area contributed by atoms with Crippen molar-refractivity contribution in [3.8, 4) is 17.0 Å². The van der Waals surface area contributed by atoms with E-state index in [1.54, 1.807) is 49.8 Å². The monoisotopic (exact) mass is 525 g/mol. The number of aliphatic imine (C=N–C) groups is 1. The summed E-state index contributed by atoms with van der Waals surface area (Å²) in [4.78, 5) is 34.4. The van der Waals surface area contributed by atoms with E-state index in [9.17, 15) is 9.59 Å². The minimum absolute atomic E-state index is 0.0237. The number of nitrogens with zero attached hydrogens (tertiary/aromatic N) is 3. The van der Waals surface area contributed by atoms with Crippen molar-refractivity contribution in [3.63, 3.8) is 0 Å². The first-order chi connectivity index (χ1) is 18.8. The number of fused-ring (bicyclic) bond motifs is 1. The van der Waals surface area contributed by atoms with Crippen LogP contribution in [-0.4, -0.2) is 41.2 Å². The Kier molecular flexibility index (Phi) is 8.40. The molecule has 1 amide bonds. The number of methoxy groups -OCH3 is 2. The van der Waals surface area contributed by atoms with Crippen molar-refractivity contribution in [1.29, 1.82) is 0 Å². The molecule has 0 saturated carbocycles. The number of amides is 1. The number of aromatic nitrogens is 2. The van der Waals surface area contributed by atoms with Crippen LogP contribution in [0.15, 0.2) is 89.8 Å². The molecular formula is C30H31N5O4. The molecule has 0 aliphatic rings. The fraction of sp³-hybridized carbons (Fsp3) is 0.200. The fourth-order valence-electron chi connectivity index (χ4n) is 4.24. The molecule has 0 radical (unpaired) electrons. The van der Waals surface area contributed by atoms with E-state index in [2.05, 4.69) is 15.3 Å². The van der Waals surface area contributed by atoms with Gasteiger partial charge in [0.15, 0.2) is 0 Å². The molecule has 0 aliphatic heterocycles. The quantitative estimate of drug-likeness (QED) is 0.234. The zero-order valence-corrected chi connectivity index (χ0v) is 22.3. The minimum atomic E-state index is -0.601. The van der Waals surface area contributed by atoms with E-state index in [4.69, 9.17) is 15.2 Å². The maximum atomic E-state index is 13.2. The van der Waals surface area contributed by atoms with E-state index < -0.39 is 12.0 Å². The second-order valence-electron chi connectivity index (χ2n) is 9.06.